The summed E-state index contributed by atoms with van der Waals surface area (Å²) in [5.41, 5.74) is 4.37. The molecule has 1 aromatic carbocycles. The van der Waals surface area contributed by atoms with E-state index in [1.54, 1.807) is 0 Å². The van der Waals surface area contributed by atoms with Gasteiger partial charge < -0.3 is 19.0 Å². The fourth-order valence-corrected chi connectivity index (χ4v) is 4.25. The van der Waals surface area contributed by atoms with E-state index in [2.05, 4.69) is 35.1 Å². The van der Waals surface area contributed by atoms with Gasteiger partial charge in [-0.05, 0) is 50.6 Å². The molecule has 4 heterocycles. The highest BCUT2D eigenvalue weighted by atomic mass is 16.4. The van der Waals surface area contributed by atoms with Crippen molar-refractivity contribution in [1.82, 2.24) is 14.7 Å². The van der Waals surface area contributed by atoms with E-state index in [1.165, 1.54) is 0 Å². The van der Waals surface area contributed by atoms with Gasteiger partial charge in [0.15, 0.2) is 0 Å². The number of hydrogen-bond donors (Lipinski definition) is 1. The van der Waals surface area contributed by atoms with Gasteiger partial charge in [0.25, 0.3) is 0 Å². The number of fused-ring (bicyclic) bond motifs is 2. The summed E-state index contributed by atoms with van der Waals surface area (Å²) >= 11 is 0. The van der Waals surface area contributed by atoms with Crippen molar-refractivity contribution < 1.29 is 4.42 Å². The molecule has 6 heteroatoms. The van der Waals surface area contributed by atoms with E-state index in [4.69, 9.17) is 4.42 Å². The van der Waals surface area contributed by atoms with Crippen molar-refractivity contribution >= 4 is 22.3 Å². The number of nitrogens with zero attached hydrogens (tertiary/aromatic N) is 3. The lowest BCUT2D eigenvalue weighted by molar-refractivity contribution is 0.407. The highest BCUT2D eigenvalue weighted by Gasteiger charge is 2.21. The number of nitrogens with one attached hydrogen (secondary N) is 1. The molecule has 0 aliphatic carbocycles. The maximum Gasteiger partial charge on any atom is 0.345 e. The normalized spacial score (nSPS) is 19.9. The summed E-state index contributed by atoms with van der Waals surface area (Å²) in [5, 5.41) is 4.44. The molecule has 1 fully saturated rings. The van der Waals surface area contributed by atoms with Crippen LogP contribution in [0.25, 0.3) is 27.9 Å². The quantitative estimate of drug-likeness (QED) is 0.532. The van der Waals surface area contributed by atoms with Crippen LogP contribution in [0.15, 0.2) is 58.0 Å². The van der Waals surface area contributed by atoms with E-state index in [0.717, 1.165) is 35.4 Å². The van der Waals surface area contributed by atoms with Crippen LogP contribution >= 0.6 is 0 Å². The zero-order valence-electron chi connectivity index (χ0n) is 16.8. The van der Waals surface area contributed by atoms with Gasteiger partial charge >= 0.3 is 5.63 Å². The molecule has 4 aromatic rings. The number of hydrogen-bond acceptors (Lipinski definition) is 5. The second-order valence-electron chi connectivity index (χ2n) is 8.14. The van der Waals surface area contributed by atoms with Gasteiger partial charge in [0.05, 0.1) is 11.3 Å². The summed E-state index contributed by atoms with van der Waals surface area (Å²) in [7, 11) is 0. The number of pyridine rings is 1. The molecule has 0 saturated carbocycles. The van der Waals surface area contributed by atoms with Crippen LogP contribution in [-0.2, 0) is 0 Å². The molecule has 5 rings (SSSR count). The third-order valence-corrected chi connectivity index (χ3v) is 5.52. The summed E-state index contributed by atoms with van der Waals surface area (Å²) in [6.07, 6.45) is 3.87. The Bertz CT molecular complexity index is 1260. The first-order chi connectivity index (χ1) is 14.0. The van der Waals surface area contributed by atoms with E-state index in [1.807, 2.05) is 54.0 Å². The molecule has 3 aromatic heterocycles. The van der Waals surface area contributed by atoms with E-state index >= 15 is 0 Å². The molecule has 0 radical (unpaired) electrons. The second-order valence-corrected chi connectivity index (χ2v) is 8.14. The lowest BCUT2D eigenvalue weighted by atomic mass is 10.1. The minimum Gasteiger partial charge on any atom is -0.422 e. The number of aryl methyl sites for hydroxylation is 1. The van der Waals surface area contributed by atoms with Gasteiger partial charge in [-0.3, -0.25) is 0 Å². The highest BCUT2D eigenvalue weighted by molar-refractivity contribution is 5.84. The summed E-state index contributed by atoms with van der Waals surface area (Å²) < 4.78 is 7.64. The summed E-state index contributed by atoms with van der Waals surface area (Å²) in [4.78, 5) is 19.7. The third kappa shape index (κ3) is 3.29. The first-order valence-electron chi connectivity index (χ1n) is 10.0. The Labute approximate surface area is 168 Å². The van der Waals surface area contributed by atoms with Crippen molar-refractivity contribution in [3.05, 3.63) is 64.8 Å². The van der Waals surface area contributed by atoms with Crippen molar-refractivity contribution in [3.63, 3.8) is 0 Å². The monoisotopic (exact) mass is 388 g/mol. The molecule has 1 N–H and O–H groups in total. The van der Waals surface area contributed by atoms with Gasteiger partial charge in [-0.2, -0.15) is 0 Å². The number of imidazole rings is 1. The third-order valence-electron chi connectivity index (χ3n) is 5.52. The molecule has 148 valence electrons. The van der Waals surface area contributed by atoms with E-state index in [9.17, 15) is 4.79 Å². The molecular weight excluding hydrogens is 364 g/mol. The Balaban J connectivity index is 1.55. The minimum atomic E-state index is -0.364. The predicted octanol–water partition coefficient (Wildman–Crippen LogP) is 3.60. The Kier molecular flexibility index (Phi) is 4.17. The van der Waals surface area contributed by atoms with Crippen LogP contribution in [0.2, 0.25) is 0 Å². The van der Waals surface area contributed by atoms with Gasteiger partial charge in [0.2, 0.25) is 0 Å². The molecule has 0 unspecified atom stereocenters. The summed E-state index contributed by atoms with van der Waals surface area (Å²) in [5.74, 6) is 0. The van der Waals surface area contributed by atoms with Gasteiger partial charge in [0, 0.05) is 54.7 Å². The van der Waals surface area contributed by atoms with E-state index in [-0.39, 0.29) is 5.63 Å². The molecule has 1 aliphatic heterocycles. The maximum atomic E-state index is 12.7. The molecule has 2 atom stereocenters. The summed E-state index contributed by atoms with van der Waals surface area (Å²) in [6.45, 7) is 8.26. The first kappa shape index (κ1) is 17.9. The smallest absolute Gasteiger partial charge is 0.345 e. The molecule has 0 bridgehead atoms. The number of aromatic nitrogens is 2. The fraction of sp³-hybridized carbons (Fsp3) is 0.304. The zero-order valence-corrected chi connectivity index (χ0v) is 16.8. The Hall–Kier alpha value is -3.12. The Morgan fingerprint density at radius 1 is 1.07 bits per heavy atom. The van der Waals surface area contributed by atoms with Crippen molar-refractivity contribution in [1.29, 1.82) is 0 Å². The van der Waals surface area contributed by atoms with Crippen LogP contribution < -0.4 is 15.8 Å². The minimum absolute atomic E-state index is 0.364. The highest BCUT2D eigenvalue weighted by Crippen LogP contribution is 2.26. The molecule has 6 nitrogen and oxygen atoms in total. The molecule has 0 amide bonds. The number of anilines is 1. The van der Waals surface area contributed by atoms with Gasteiger partial charge in [-0.15, -0.1) is 0 Å². The van der Waals surface area contributed by atoms with Gasteiger partial charge in [-0.1, -0.05) is 6.07 Å². The van der Waals surface area contributed by atoms with Crippen molar-refractivity contribution in [2.24, 2.45) is 0 Å². The van der Waals surface area contributed by atoms with Crippen LogP contribution in [-0.4, -0.2) is 34.6 Å². The van der Waals surface area contributed by atoms with Crippen LogP contribution in [0.5, 0.6) is 0 Å². The standard InChI is InChI=1S/C23H24N4O2/c1-14-4-7-22-25-20(13-27(22)10-14)19-8-17-5-6-18(9-21(17)29-23(19)28)26-11-15(2)24-16(3)12-26/h4-10,13,15-16,24H,11-12H2,1-3H3/t15-,16+. The number of piperazine rings is 1. The largest absolute Gasteiger partial charge is 0.422 e. The molecule has 29 heavy (non-hydrogen) atoms. The molecule has 1 saturated heterocycles. The lowest BCUT2D eigenvalue weighted by Gasteiger charge is -2.37. The SMILES string of the molecule is Cc1ccc2nc(-c3cc4ccc(N5C[C@@H](C)N[C@@H](C)C5)cc4oc3=O)cn2c1. The van der Waals surface area contributed by atoms with Crippen molar-refractivity contribution in [3.8, 4) is 11.3 Å². The lowest BCUT2D eigenvalue weighted by Crippen LogP contribution is -2.54. The number of benzene rings is 1. The average molecular weight is 388 g/mol. The van der Waals surface area contributed by atoms with Crippen molar-refractivity contribution in [2.75, 3.05) is 18.0 Å². The average Bonchev–Trinajstić information content (AvgIpc) is 3.09. The van der Waals surface area contributed by atoms with Gasteiger partial charge in [0.1, 0.15) is 11.2 Å². The van der Waals surface area contributed by atoms with Crippen LogP contribution in [0, 0.1) is 6.92 Å². The Morgan fingerprint density at radius 2 is 1.86 bits per heavy atom. The topological polar surface area (TPSA) is 62.8 Å². The number of rotatable bonds is 2. The van der Waals surface area contributed by atoms with Crippen LogP contribution in [0.3, 0.4) is 0 Å². The predicted molar refractivity (Wildman–Crippen MR) is 116 cm³/mol. The second kappa shape index (κ2) is 6.74. The van der Waals surface area contributed by atoms with Crippen molar-refractivity contribution in [2.45, 2.75) is 32.9 Å². The molecule has 0 spiro atoms. The summed E-state index contributed by atoms with van der Waals surface area (Å²) in [6, 6.07) is 12.8. The first-order valence-corrected chi connectivity index (χ1v) is 10.0. The fourth-order valence-electron chi connectivity index (χ4n) is 4.25. The van der Waals surface area contributed by atoms with E-state index < -0.39 is 0 Å². The zero-order chi connectivity index (χ0) is 20.1. The van der Waals surface area contributed by atoms with E-state index in [0.29, 0.717) is 28.9 Å². The van der Waals surface area contributed by atoms with Crippen LogP contribution in [0.1, 0.15) is 19.4 Å². The molecule has 1 aliphatic rings. The van der Waals surface area contributed by atoms with Gasteiger partial charge in [-0.25, -0.2) is 9.78 Å². The maximum absolute atomic E-state index is 12.7. The Morgan fingerprint density at radius 3 is 2.66 bits per heavy atom. The molecular formula is C23H24N4O2. The van der Waals surface area contributed by atoms with Crippen LogP contribution in [0.4, 0.5) is 5.69 Å².